The molecule has 0 fully saturated rings. The largest absolute Gasteiger partial charge is 0.494 e. The van der Waals surface area contributed by atoms with Gasteiger partial charge in [-0.3, -0.25) is 0 Å². The predicted octanol–water partition coefficient (Wildman–Crippen LogP) is 3.56. The first-order valence-corrected chi connectivity index (χ1v) is 6.44. The normalized spacial score (nSPS) is 10.3. The number of aromatic nitrogens is 1. The molecule has 0 aliphatic heterocycles. The minimum Gasteiger partial charge on any atom is -0.494 e. The molecule has 90 valence electrons. The summed E-state index contributed by atoms with van der Waals surface area (Å²) >= 11 is 1.67. The maximum absolute atomic E-state index is 5.42. The number of hydrogen-bond acceptors (Lipinski definition) is 4. The van der Waals surface area contributed by atoms with Crippen LogP contribution in [0.25, 0.3) is 10.6 Å². The van der Waals surface area contributed by atoms with Gasteiger partial charge >= 0.3 is 0 Å². The van der Waals surface area contributed by atoms with Crippen molar-refractivity contribution in [2.45, 2.75) is 13.8 Å². The number of benzene rings is 1. The van der Waals surface area contributed by atoms with Crippen molar-refractivity contribution >= 4 is 16.3 Å². The molecule has 4 heteroatoms. The molecule has 0 spiro atoms. The van der Waals surface area contributed by atoms with Crippen molar-refractivity contribution in [3.63, 3.8) is 0 Å². The second-order valence-electron chi connectivity index (χ2n) is 3.64. The summed E-state index contributed by atoms with van der Waals surface area (Å²) < 4.78 is 5.42. The van der Waals surface area contributed by atoms with Crippen LogP contribution in [0, 0.1) is 6.92 Å². The average Bonchev–Trinajstić information content (AvgIpc) is 2.72. The van der Waals surface area contributed by atoms with Gasteiger partial charge in [0.15, 0.2) is 0 Å². The topological polar surface area (TPSA) is 34.1 Å². The van der Waals surface area contributed by atoms with Crippen molar-refractivity contribution in [3.05, 3.63) is 30.0 Å². The molecule has 1 aromatic heterocycles. The lowest BCUT2D eigenvalue weighted by atomic mass is 10.2. The van der Waals surface area contributed by atoms with Gasteiger partial charge in [-0.15, -0.1) is 0 Å². The Bertz CT molecular complexity index is 491. The van der Waals surface area contributed by atoms with E-state index in [1.807, 2.05) is 45.2 Å². The third-order valence-electron chi connectivity index (χ3n) is 2.44. The van der Waals surface area contributed by atoms with Gasteiger partial charge in [-0.2, -0.15) is 0 Å². The molecule has 1 aromatic carbocycles. The van der Waals surface area contributed by atoms with Gasteiger partial charge in [0.25, 0.3) is 0 Å². The first kappa shape index (κ1) is 11.9. The van der Waals surface area contributed by atoms with E-state index in [4.69, 9.17) is 4.74 Å². The second kappa shape index (κ2) is 5.19. The highest BCUT2D eigenvalue weighted by atomic mass is 32.1. The fourth-order valence-electron chi connectivity index (χ4n) is 1.61. The molecule has 0 amide bonds. The summed E-state index contributed by atoms with van der Waals surface area (Å²) in [5.74, 6) is 0.901. The number of anilines is 1. The van der Waals surface area contributed by atoms with Crippen molar-refractivity contribution < 1.29 is 4.74 Å². The van der Waals surface area contributed by atoms with Gasteiger partial charge in [0, 0.05) is 12.6 Å². The number of thiazole rings is 1. The van der Waals surface area contributed by atoms with E-state index in [1.165, 1.54) is 0 Å². The molecule has 0 aliphatic carbocycles. The van der Waals surface area contributed by atoms with Crippen molar-refractivity contribution in [2.75, 3.05) is 19.0 Å². The van der Waals surface area contributed by atoms with E-state index in [0.717, 1.165) is 27.0 Å². The lowest BCUT2D eigenvalue weighted by Crippen LogP contribution is -1.90. The quantitative estimate of drug-likeness (QED) is 0.898. The maximum atomic E-state index is 5.42. The molecule has 0 atom stereocenters. The molecule has 3 nitrogen and oxygen atoms in total. The Hall–Kier alpha value is -1.55. The van der Waals surface area contributed by atoms with Crippen LogP contribution in [0.4, 0.5) is 5.00 Å². The molecule has 0 unspecified atom stereocenters. The molecule has 0 saturated heterocycles. The van der Waals surface area contributed by atoms with Gasteiger partial charge in [0.05, 0.1) is 12.3 Å². The Labute approximate surface area is 105 Å². The van der Waals surface area contributed by atoms with Crippen LogP contribution in [0.1, 0.15) is 12.6 Å². The summed E-state index contributed by atoms with van der Waals surface area (Å²) in [6, 6.07) is 8.05. The summed E-state index contributed by atoms with van der Waals surface area (Å²) in [6.45, 7) is 4.69. The zero-order valence-corrected chi connectivity index (χ0v) is 11.1. The first-order chi connectivity index (χ1) is 8.24. The number of nitrogens with one attached hydrogen (secondary N) is 1. The van der Waals surface area contributed by atoms with E-state index in [1.54, 1.807) is 11.3 Å². The fraction of sp³-hybridized carbons (Fsp3) is 0.308. The molecule has 0 bridgehead atoms. The number of nitrogens with zero attached hydrogens (tertiary/aromatic N) is 1. The number of rotatable bonds is 4. The monoisotopic (exact) mass is 248 g/mol. The minimum atomic E-state index is 0.694. The van der Waals surface area contributed by atoms with Gasteiger partial charge in [-0.05, 0) is 38.1 Å². The Balaban J connectivity index is 2.26. The van der Waals surface area contributed by atoms with E-state index in [-0.39, 0.29) is 0 Å². The van der Waals surface area contributed by atoms with Gasteiger partial charge in [-0.1, -0.05) is 11.3 Å². The lowest BCUT2D eigenvalue weighted by molar-refractivity contribution is 0.340. The molecular weight excluding hydrogens is 232 g/mol. The number of hydrogen-bond donors (Lipinski definition) is 1. The maximum Gasteiger partial charge on any atom is 0.125 e. The van der Waals surface area contributed by atoms with Crippen molar-refractivity contribution in [2.24, 2.45) is 0 Å². The molecular formula is C13H16N2OS. The van der Waals surface area contributed by atoms with Crippen LogP contribution in [0.2, 0.25) is 0 Å². The van der Waals surface area contributed by atoms with Gasteiger partial charge in [0.2, 0.25) is 0 Å². The average molecular weight is 248 g/mol. The van der Waals surface area contributed by atoms with E-state index < -0.39 is 0 Å². The lowest BCUT2D eigenvalue weighted by Gasteiger charge is -2.02. The Morgan fingerprint density at radius 2 is 2.00 bits per heavy atom. The summed E-state index contributed by atoms with van der Waals surface area (Å²) in [5.41, 5.74) is 2.17. The van der Waals surface area contributed by atoms with Crippen LogP contribution in [-0.4, -0.2) is 18.6 Å². The van der Waals surface area contributed by atoms with E-state index >= 15 is 0 Å². The standard InChI is InChI=1S/C13H16N2OS/c1-4-16-11-7-5-10(6-8-11)13-15-9(2)12(14-3)17-13/h5-8,14H,4H2,1-3H3. The summed E-state index contributed by atoms with van der Waals surface area (Å²) in [4.78, 5) is 4.54. The Morgan fingerprint density at radius 1 is 1.29 bits per heavy atom. The third-order valence-corrected chi connectivity index (χ3v) is 3.66. The molecule has 0 radical (unpaired) electrons. The molecule has 2 aromatic rings. The van der Waals surface area contributed by atoms with E-state index in [0.29, 0.717) is 6.61 Å². The smallest absolute Gasteiger partial charge is 0.125 e. The van der Waals surface area contributed by atoms with Crippen LogP contribution in [0.5, 0.6) is 5.75 Å². The highest BCUT2D eigenvalue weighted by Gasteiger charge is 2.07. The number of ether oxygens (including phenoxy) is 1. The van der Waals surface area contributed by atoms with Gasteiger partial charge < -0.3 is 10.1 Å². The Kier molecular flexibility index (Phi) is 3.64. The molecule has 17 heavy (non-hydrogen) atoms. The van der Waals surface area contributed by atoms with Crippen molar-refractivity contribution in [1.29, 1.82) is 0 Å². The van der Waals surface area contributed by atoms with E-state index in [9.17, 15) is 0 Å². The SMILES string of the molecule is CCOc1ccc(-c2nc(C)c(NC)s2)cc1. The highest BCUT2D eigenvalue weighted by molar-refractivity contribution is 7.19. The fourth-order valence-corrected chi connectivity index (χ4v) is 2.54. The summed E-state index contributed by atoms with van der Waals surface area (Å²) in [5, 5.41) is 5.30. The molecule has 1 heterocycles. The van der Waals surface area contributed by atoms with E-state index in [2.05, 4.69) is 10.3 Å². The molecule has 0 aliphatic rings. The summed E-state index contributed by atoms with van der Waals surface area (Å²) in [7, 11) is 1.92. The van der Waals surface area contributed by atoms with Gasteiger partial charge in [-0.25, -0.2) is 4.98 Å². The molecule has 2 rings (SSSR count). The number of aryl methyl sites for hydroxylation is 1. The Morgan fingerprint density at radius 3 is 2.53 bits per heavy atom. The first-order valence-electron chi connectivity index (χ1n) is 5.63. The molecule has 0 saturated carbocycles. The van der Waals surface area contributed by atoms with Crippen LogP contribution >= 0.6 is 11.3 Å². The zero-order valence-electron chi connectivity index (χ0n) is 10.3. The predicted molar refractivity (Wildman–Crippen MR) is 73.0 cm³/mol. The molecule has 1 N–H and O–H groups in total. The van der Waals surface area contributed by atoms with Crippen molar-refractivity contribution in [3.8, 4) is 16.3 Å². The van der Waals surface area contributed by atoms with Gasteiger partial charge in [0.1, 0.15) is 15.8 Å². The summed E-state index contributed by atoms with van der Waals surface area (Å²) in [6.07, 6.45) is 0. The van der Waals surface area contributed by atoms with Crippen LogP contribution in [0.15, 0.2) is 24.3 Å². The zero-order chi connectivity index (χ0) is 12.3. The van der Waals surface area contributed by atoms with Crippen LogP contribution in [0.3, 0.4) is 0 Å². The highest BCUT2D eigenvalue weighted by Crippen LogP contribution is 2.32. The van der Waals surface area contributed by atoms with Crippen molar-refractivity contribution in [1.82, 2.24) is 4.98 Å². The second-order valence-corrected chi connectivity index (χ2v) is 4.64. The van der Waals surface area contributed by atoms with Crippen LogP contribution < -0.4 is 10.1 Å². The third kappa shape index (κ3) is 2.58. The minimum absolute atomic E-state index is 0.694. The van der Waals surface area contributed by atoms with Crippen LogP contribution in [-0.2, 0) is 0 Å².